The van der Waals surface area contributed by atoms with E-state index in [1.165, 1.54) is 0 Å². The lowest BCUT2D eigenvalue weighted by molar-refractivity contribution is -0.139. The van der Waals surface area contributed by atoms with Gasteiger partial charge in [0.25, 0.3) is 0 Å². The van der Waals surface area contributed by atoms with Crippen molar-refractivity contribution in [3.63, 3.8) is 0 Å². The van der Waals surface area contributed by atoms with Gasteiger partial charge in [-0.1, -0.05) is 13.2 Å². The van der Waals surface area contributed by atoms with Crippen LogP contribution in [0, 0.1) is 5.92 Å². The molecule has 3 rings (SSSR count). The molecule has 5 atom stereocenters. The van der Waals surface area contributed by atoms with Crippen LogP contribution in [0.5, 0.6) is 0 Å². The van der Waals surface area contributed by atoms with Crippen LogP contribution in [0.15, 0.2) is 24.3 Å². The molecule has 0 radical (unpaired) electrons. The summed E-state index contributed by atoms with van der Waals surface area (Å²) in [6.45, 7) is 9.81. The molecule has 2 heterocycles. The third-order valence-corrected chi connectivity index (χ3v) is 4.73. The van der Waals surface area contributed by atoms with Crippen LogP contribution < -0.4 is 0 Å². The zero-order valence-electron chi connectivity index (χ0n) is 11.2. The lowest BCUT2D eigenvalue weighted by atomic mass is 9.82. The molecule has 1 aliphatic carbocycles. The number of aliphatic hydroxyl groups excluding tert-OH is 1. The van der Waals surface area contributed by atoms with Crippen molar-refractivity contribution in [2.45, 2.75) is 56.5 Å². The van der Waals surface area contributed by atoms with Crippen molar-refractivity contribution in [2.24, 2.45) is 5.92 Å². The fourth-order valence-electron chi connectivity index (χ4n) is 3.27. The molecule has 0 amide bonds. The maximum atomic E-state index is 11.7. The Bertz CT molecular complexity index is 455. The summed E-state index contributed by atoms with van der Waals surface area (Å²) in [5.74, 6) is -0.466. The Morgan fingerprint density at radius 3 is 2.89 bits per heavy atom. The standard InChI is InChI=1S/C15H20O4/c1-8-4-5-13-15(3,19-13)7-12-10(6-11(8)16)9(2)14(17)18-12/h10-13,16H,1-2,4-7H2,3H3/t10-,11-,12-,13-,15+/m0/s1. The number of aliphatic hydroxyl groups is 1. The molecule has 2 aliphatic heterocycles. The number of carbonyl (C=O) groups excluding carboxylic acids is 1. The highest BCUT2D eigenvalue weighted by Gasteiger charge is 2.56. The molecule has 1 N–H and O–H groups in total. The first-order valence-corrected chi connectivity index (χ1v) is 6.84. The van der Waals surface area contributed by atoms with Crippen LogP contribution in [0.2, 0.25) is 0 Å². The summed E-state index contributed by atoms with van der Waals surface area (Å²) in [7, 11) is 0. The molecule has 0 aromatic rings. The van der Waals surface area contributed by atoms with Crippen LogP contribution in [0.4, 0.5) is 0 Å². The van der Waals surface area contributed by atoms with E-state index in [0.717, 1.165) is 18.4 Å². The Kier molecular flexibility index (Phi) is 2.84. The van der Waals surface area contributed by atoms with Crippen molar-refractivity contribution in [1.29, 1.82) is 0 Å². The Hall–Kier alpha value is -1.13. The second-order valence-corrected chi connectivity index (χ2v) is 6.15. The number of rotatable bonds is 0. The molecule has 1 saturated carbocycles. The Morgan fingerprint density at radius 2 is 2.16 bits per heavy atom. The van der Waals surface area contributed by atoms with Crippen molar-refractivity contribution >= 4 is 5.97 Å². The molecule has 3 aliphatic rings. The molecule has 0 aromatic heterocycles. The van der Waals surface area contributed by atoms with Crippen LogP contribution in [0.1, 0.15) is 32.6 Å². The average molecular weight is 264 g/mol. The lowest BCUT2D eigenvalue weighted by Gasteiger charge is -2.24. The monoisotopic (exact) mass is 264 g/mol. The molecule has 0 unspecified atom stereocenters. The smallest absolute Gasteiger partial charge is 0.334 e. The van der Waals surface area contributed by atoms with Crippen LogP contribution in [0.3, 0.4) is 0 Å². The highest BCUT2D eigenvalue weighted by Crippen LogP contribution is 2.48. The van der Waals surface area contributed by atoms with Crippen molar-refractivity contribution in [3.8, 4) is 0 Å². The SMILES string of the molecule is C=C1CC[C@@H]2O[C@]2(C)C[C@@H]2OC(=O)C(=C)[C@@H]2C[C@@H]1O. The van der Waals surface area contributed by atoms with Gasteiger partial charge in [0.2, 0.25) is 0 Å². The van der Waals surface area contributed by atoms with Crippen LogP contribution in [-0.2, 0) is 14.3 Å². The van der Waals surface area contributed by atoms with E-state index in [4.69, 9.17) is 9.47 Å². The van der Waals surface area contributed by atoms with E-state index in [-0.39, 0.29) is 29.7 Å². The first-order chi connectivity index (χ1) is 8.90. The summed E-state index contributed by atoms with van der Waals surface area (Å²) in [5.41, 5.74) is 1.08. The van der Waals surface area contributed by atoms with Gasteiger partial charge in [-0.2, -0.15) is 0 Å². The summed E-state index contributed by atoms with van der Waals surface area (Å²) in [6, 6.07) is 0. The zero-order valence-corrected chi connectivity index (χ0v) is 11.2. The van der Waals surface area contributed by atoms with Gasteiger partial charge in [0, 0.05) is 17.9 Å². The zero-order chi connectivity index (χ0) is 13.8. The number of hydrogen-bond donors (Lipinski definition) is 1. The van der Waals surface area contributed by atoms with E-state index in [0.29, 0.717) is 18.4 Å². The van der Waals surface area contributed by atoms with Gasteiger partial charge < -0.3 is 14.6 Å². The summed E-state index contributed by atoms with van der Waals surface area (Å²) in [4.78, 5) is 11.7. The second-order valence-electron chi connectivity index (χ2n) is 6.15. The van der Waals surface area contributed by atoms with Crippen LogP contribution >= 0.6 is 0 Å². The van der Waals surface area contributed by atoms with Crippen molar-refractivity contribution in [1.82, 2.24) is 0 Å². The van der Waals surface area contributed by atoms with Crippen molar-refractivity contribution in [2.75, 3.05) is 0 Å². The van der Waals surface area contributed by atoms with Crippen molar-refractivity contribution < 1.29 is 19.4 Å². The van der Waals surface area contributed by atoms with Crippen LogP contribution in [0.25, 0.3) is 0 Å². The highest BCUT2D eigenvalue weighted by molar-refractivity contribution is 5.90. The number of epoxide rings is 1. The minimum atomic E-state index is -0.596. The molecule has 0 aromatic carbocycles. The topological polar surface area (TPSA) is 59.1 Å². The fourth-order valence-corrected chi connectivity index (χ4v) is 3.27. The number of ether oxygens (including phenoxy) is 2. The normalized spacial score (nSPS) is 46.3. The Balaban J connectivity index is 1.85. The van der Waals surface area contributed by atoms with E-state index >= 15 is 0 Å². The van der Waals surface area contributed by atoms with Gasteiger partial charge >= 0.3 is 5.97 Å². The molecule has 104 valence electrons. The van der Waals surface area contributed by atoms with Gasteiger partial charge in [-0.3, -0.25) is 0 Å². The van der Waals surface area contributed by atoms with Gasteiger partial charge in [-0.15, -0.1) is 0 Å². The number of fused-ring (bicyclic) bond motifs is 2. The van der Waals surface area contributed by atoms with Gasteiger partial charge in [0.1, 0.15) is 6.10 Å². The van der Waals surface area contributed by atoms with Gasteiger partial charge in [0.15, 0.2) is 0 Å². The molecular weight excluding hydrogens is 244 g/mol. The van der Waals surface area contributed by atoms with E-state index in [1.54, 1.807) is 0 Å². The maximum absolute atomic E-state index is 11.7. The minimum Gasteiger partial charge on any atom is -0.458 e. The van der Waals surface area contributed by atoms with E-state index < -0.39 is 6.10 Å². The molecular formula is C15H20O4. The van der Waals surface area contributed by atoms with Gasteiger partial charge in [-0.05, 0) is 31.8 Å². The Labute approximate surface area is 113 Å². The molecule has 4 nitrogen and oxygen atoms in total. The van der Waals surface area contributed by atoms with Crippen LogP contribution in [-0.4, -0.2) is 35.0 Å². The molecule has 2 saturated heterocycles. The minimum absolute atomic E-state index is 0.126. The molecule has 0 bridgehead atoms. The van der Waals surface area contributed by atoms with E-state index in [1.807, 2.05) is 0 Å². The summed E-state index contributed by atoms with van der Waals surface area (Å²) < 4.78 is 11.2. The molecule has 0 spiro atoms. The predicted octanol–water partition coefficient (Wildman–Crippen LogP) is 1.73. The number of carbonyl (C=O) groups is 1. The predicted molar refractivity (Wildman–Crippen MR) is 69.4 cm³/mol. The maximum Gasteiger partial charge on any atom is 0.334 e. The lowest BCUT2D eigenvalue weighted by Crippen LogP contribution is -2.29. The third kappa shape index (κ3) is 2.13. The Morgan fingerprint density at radius 1 is 1.42 bits per heavy atom. The molecule has 4 heteroatoms. The highest BCUT2D eigenvalue weighted by atomic mass is 16.6. The fraction of sp³-hybridized carbons (Fsp3) is 0.667. The second kappa shape index (κ2) is 4.18. The average Bonchev–Trinajstić information content (AvgIpc) is 2.93. The van der Waals surface area contributed by atoms with Gasteiger partial charge in [0.05, 0.1) is 17.8 Å². The van der Waals surface area contributed by atoms with Crippen molar-refractivity contribution in [3.05, 3.63) is 24.3 Å². The molecule has 3 fully saturated rings. The third-order valence-electron chi connectivity index (χ3n) is 4.73. The quantitative estimate of drug-likeness (QED) is 0.313. The van der Waals surface area contributed by atoms with E-state index in [2.05, 4.69) is 20.1 Å². The number of hydrogen-bond acceptors (Lipinski definition) is 4. The molecule has 19 heavy (non-hydrogen) atoms. The summed E-state index contributed by atoms with van der Waals surface area (Å²) in [6.07, 6.45) is 2.15. The number of esters is 1. The first kappa shape index (κ1) is 12.9. The first-order valence-electron chi connectivity index (χ1n) is 6.84. The van der Waals surface area contributed by atoms with E-state index in [9.17, 15) is 9.90 Å². The summed E-state index contributed by atoms with van der Waals surface area (Å²) in [5, 5.41) is 10.2. The van der Waals surface area contributed by atoms with Gasteiger partial charge in [-0.25, -0.2) is 4.79 Å². The largest absolute Gasteiger partial charge is 0.458 e. The summed E-state index contributed by atoms with van der Waals surface area (Å²) >= 11 is 0.